The van der Waals surface area contributed by atoms with Crippen LogP contribution >= 0.6 is 0 Å². The molecular weight excluding hydrogens is 224 g/mol. The Morgan fingerprint density at radius 3 is 2.83 bits per heavy atom. The summed E-state index contributed by atoms with van der Waals surface area (Å²) in [5, 5.41) is 1.22. The zero-order valence-corrected chi connectivity index (χ0v) is 10.7. The van der Waals surface area contributed by atoms with Gasteiger partial charge < -0.3 is 10.3 Å². The molecule has 2 N–H and O–H groups in total. The van der Waals surface area contributed by atoms with Crippen molar-refractivity contribution in [1.82, 2.24) is 4.57 Å². The molecule has 94 valence electrons. The van der Waals surface area contributed by atoms with Crippen molar-refractivity contribution in [3.63, 3.8) is 0 Å². The minimum Gasteiger partial charge on any atom is -0.366 e. The molecule has 0 atom stereocenters. The van der Waals surface area contributed by atoms with Crippen molar-refractivity contribution in [1.29, 1.82) is 0 Å². The Kier molecular flexibility index (Phi) is 2.62. The molecular formula is C15H18N2O. The third-order valence-electron chi connectivity index (χ3n) is 3.98. The number of fused-ring (bicyclic) bond motifs is 3. The fraction of sp³-hybridized carbons (Fsp3) is 0.400. The van der Waals surface area contributed by atoms with Gasteiger partial charge in [-0.2, -0.15) is 0 Å². The zero-order valence-electron chi connectivity index (χ0n) is 10.7. The molecule has 2 aromatic rings. The molecule has 3 rings (SSSR count). The summed E-state index contributed by atoms with van der Waals surface area (Å²) in [7, 11) is 0. The van der Waals surface area contributed by atoms with Crippen LogP contribution in [0, 0.1) is 0 Å². The normalized spacial score (nSPS) is 14.7. The molecule has 0 spiro atoms. The number of nitrogens with zero attached hydrogens (tertiary/aromatic N) is 1. The number of benzene rings is 1. The second-order valence-corrected chi connectivity index (χ2v) is 4.97. The Bertz CT molecular complexity index is 625. The number of carbonyl (C=O) groups excluding carboxylic acids is 1. The van der Waals surface area contributed by atoms with Gasteiger partial charge in [-0.15, -0.1) is 0 Å². The van der Waals surface area contributed by atoms with Crippen LogP contribution in [0.15, 0.2) is 18.2 Å². The van der Waals surface area contributed by atoms with Crippen molar-refractivity contribution in [3.8, 4) is 0 Å². The largest absolute Gasteiger partial charge is 0.366 e. The Morgan fingerprint density at radius 1 is 1.33 bits per heavy atom. The van der Waals surface area contributed by atoms with Crippen LogP contribution in [-0.2, 0) is 19.4 Å². The average molecular weight is 242 g/mol. The van der Waals surface area contributed by atoms with Gasteiger partial charge in [0, 0.05) is 28.7 Å². The molecule has 0 fully saturated rings. The van der Waals surface area contributed by atoms with Gasteiger partial charge in [0.15, 0.2) is 0 Å². The number of rotatable bonds is 2. The summed E-state index contributed by atoms with van der Waals surface area (Å²) < 4.78 is 2.38. The maximum Gasteiger partial charge on any atom is 0.248 e. The summed E-state index contributed by atoms with van der Waals surface area (Å²) >= 11 is 0. The average Bonchev–Trinajstić information content (AvgIpc) is 2.71. The molecule has 3 nitrogen and oxygen atoms in total. The van der Waals surface area contributed by atoms with Crippen molar-refractivity contribution < 1.29 is 4.79 Å². The number of carbonyl (C=O) groups is 1. The van der Waals surface area contributed by atoms with Crippen LogP contribution in [0.25, 0.3) is 10.9 Å². The molecule has 0 unspecified atom stereocenters. The number of aromatic nitrogens is 1. The molecule has 3 heteroatoms. The second-order valence-electron chi connectivity index (χ2n) is 4.97. The minimum absolute atomic E-state index is 0.342. The summed E-state index contributed by atoms with van der Waals surface area (Å²) in [6.07, 6.45) is 4.80. The summed E-state index contributed by atoms with van der Waals surface area (Å²) in [6.45, 7) is 3.16. The maximum absolute atomic E-state index is 11.3. The van der Waals surface area contributed by atoms with Gasteiger partial charge in [0.1, 0.15) is 0 Å². The van der Waals surface area contributed by atoms with E-state index in [0.29, 0.717) is 5.56 Å². The third kappa shape index (κ3) is 1.54. The van der Waals surface area contributed by atoms with E-state index in [1.54, 1.807) is 0 Å². The van der Waals surface area contributed by atoms with Crippen molar-refractivity contribution >= 4 is 16.8 Å². The second kappa shape index (κ2) is 4.16. The van der Waals surface area contributed by atoms with Gasteiger partial charge in [-0.1, -0.05) is 0 Å². The molecule has 0 bridgehead atoms. The van der Waals surface area contributed by atoms with E-state index in [1.807, 2.05) is 18.2 Å². The highest BCUT2D eigenvalue weighted by Crippen LogP contribution is 2.32. The molecule has 1 aliphatic carbocycles. The molecule has 1 heterocycles. The fourth-order valence-corrected chi connectivity index (χ4v) is 3.15. The van der Waals surface area contributed by atoms with E-state index >= 15 is 0 Å². The molecule has 0 saturated carbocycles. The first kappa shape index (κ1) is 11.3. The van der Waals surface area contributed by atoms with Gasteiger partial charge in [-0.05, 0) is 56.4 Å². The van der Waals surface area contributed by atoms with Crippen LogP contribution in [0.1, 0.15) is 41.4 Å². The Morgan fingerprint density at radius 2 is 2.11 bits per heavy atom. The molecule has 0 saturated heterocycles. The lowest BCUT2D eigenvalue weighted by molar-refractivity contribution is 0.100. The monoisotopic (exact) mass is 242 g/mol. The van der Waals surface area contributed by atoms with E-state index in [1.165, 1.54) is 35.0 Å². The van der Waals surface area contributed by atoms with Crippen molar-refractivity contribution in [2.75, 3.05) is 0 Å². The van der Waals surface area contributed by atoms with Crippen LogP contribution in [-0.4, -0.2) is 10.5 Å². The highest BCUT2D eigenvalue weighted by molar-refractivity contribution is 5.98. The quantitative estimate of drug-likeness (QED) is 0.864. The summed E-state index contributed by atoms with van der Waals surface area (Å²) in [5.41, 5.74) is 10.1. The van der Waals surface area contributed by atoms with Crippen LogP contribution in [0.5, 0.6) is 0 Å². The number of hydrogen-bond acceptors (Lipinski definition) is 1. The van der Waals surface area contributed by atoms with E-state index < -0.39 is 0 Å². The van der Waals surface area contributed by atoms with Crippen molar-refractivity contribution in [2.45, 2.75) is 39.2 Å². The van der Waals surface area contributed by atoms with Crippen LogP contribution in [0.4, 0.5) is 0 Å². The van der Waals surface area contributed by atoms with Crippen molar-refractivity contribution in [3.05, 3.63) is 35.0 Å². The smallest absolute Gasteiger partial charge is 0.248 e. The van der Waals surface area contributed by atoms with Gasteiger partial charge in [-0.25, -0.2) is 0 Å². The van der Waals surface area contributed by atoms with Crippen LogP contribution in [0.3, 0.4) is 0 Å². The predicted molar refractivity (Wildman–Crippen MR) is 72.8 cm³/mol. The Hall–Kier alpha value is -1.77. The standard InChI is InChI=1S/C15H18N2O/c1-2-17-13-6-4-3-5-11(13)12-9-10(15(16)18)7-8-14(12)17/h7-9H,2-6H2,1H3,(H2,16,18). The van der Waals surface area contributed by atoms with Gasteiger partial charge in [0.25, 0.3) is 0 Å². The van der Waals surface area contributed by atoms with Crippen LogP contribution < -0.4 is 5.73 Å². The molecule has 1 aliphatic rings. The number of aryl methyl sites for hydroxylation is 2. The molecule has 0 aliphatic heterocycles. The molecule has 0 radical (unpaired) electrons. The summed E-state index contributed by atoms with van der Waals surface area (Å²) in [5.74, 6) is -0.342. The lowest BCUT2D eigenvalue weighted by Gasteiger charge is -2.14. The first-order valence-electron chi connectivity index (χ1n) is 6.66. The van der Waals surface area contributed by atoms with Crippen LogP contribution in [0.2, 0.25) is 0 Å². The first-order valence-corrected chi connectivity index (χ1v) is 6.66. The molecule has 1 aromatic heterocycles. The van der Waals surface area contributed by atoms with Gasteiger partial charge in [0.05, 0.1) is 0 Å². The van der Waals surface area contributed by atoms with Gasteiger partial charge in [0.2, 0.25) is 5.91 Å². The number of amides is 1. The fourth-order valence-electron chi connectivity index (χ4n) is 3.15. The highest BCUT2D eigenvalue weighted by atomic mass is 16.1. The Labute approximate surface area is 107 Å². The topological polar surface area (TPSA) is 48.0 Å². The summed E-state index contributed by atoms with van der Waals surface area (Å²) in [6, 6.07) is 5.84. The van der Waals surface area contributed by atoms with Crippen molar-refractivity contribution in [2.24, 2.45) is 5.73 Å². The predicted octanol–water partition coefficient (Wildman–Crippen LogP) is 2.64. The van der Waals surface area contributed by atoms with E-state index in [0.717, 1.165) is 19.4 Å². The van der Waals surface area contributed by atoms with E-state index in [-0.39, 0.29) is 5.91 Å². The third-order valence-corrected chi connectivity index (χ3v) is 3.98. The molecule has 18 heavy (non-hydrogen) atoms. The summed E-state index contributed by atoms with van der Waals surface area (Å²) in [4.78, 5) is 11.3. The lowest BCUT2D eigenvalue weighted by atomic mass is 9.95. The lowest BCUT2D eigenvalue weighted by Crippen LogP contribution is -2.10. The maximum atomic E-state index is 11.3. The van der Waals surface area contributed by atoms with E-state index in [9.17, 15) is 4.79 Å². The number of primary amides is 1. The van der Waals surface area contributed by atoms with Gasteiger partial charge >= 0.3 is 0 Å². The highest BCUT2D eigenvalue weighted by Gasteiger charge is 2.19. The van der Waals surface area contributed by atoms with E-state index in [4.69, 9.17) is 5.73 Å². The van der Waals surface area contributed by atoms with E-state index in [2.05, 4.69) is 11.5 Å². The molecule has 1 aromatic carbocycles. The zero-order chi connectivity index (χ0) is 12.7. The number of nitrogens with two attached hydrogens (primary N) is 1. The first-order chi connectivity index (χ1) is 8.72. The Balaban J connectivity index is 2.31. The molecule has 1 amide bonds. The SMILES string of the molecule is CCn1c2c(c3cc(C(N)=O)ccc31)CCCC2. The number of hydrogen-bond donors (Lipinski definition) is 1. The minimum atomic E-state index is -0.342. The van der Waals surface area contributed by atoms with Gasteiger partial charge in [-0.3, -0.25) is 4.79 Å².